The Morgan fingerprint density at radius 1 is 1.07 bits per heavy atom. The lowest BCUT2D eigenvalue weighted by Gasteiger charge is -2.26. The molecule has 29 heavy (non-hydrogen) atoms. The van der Waals surface area contributed by atoms with Crippen LogP contribution in [0.1, 0.15) is 34.6 Å². The van der Waals surface area contributed by atoms with Crippen molar-refractivity contribution < 1.29 is 17.9 Å². The summed E-state index contributed by atoms with van der Waals surface area (Å²) in [6.07, 6.45) is 0. The van der Waals surface area contributed by atoms with E-state index in [-0.39, 0.29) is 10.8 Å². The molecule has 2 aromatic carbocycles. The van der Waals surface area contributed by atoms with Crippen LogP contribution in [0, 0.1) is 5.92 Å². The van der Waals surface area contributed by atoms with Gasteiger partial charge in [-0.05, 0) is 57.0 Å². The van der Waals surface area contributed by atoms with Gasteiger partial charge in [-0.3, -0.25) is 4.79 Å². The van der Waals surface area contributed by atoms with E-state index in [9.17, 15) is 13.2 Å². The van der Waals surface area contributed by atoms with E-state index in [1.807, 2.05) is 24.3 Å². The van der Waals surface area contributed by atoms with E-state index in [0.717, 1.165) is 24.6 Å². The van der Waals surface area contributed by atoms with E-state index >= 15 is 0 Å². The van der Waals surface area contributed by atoms with Crippen LogP contribution in [-0.2, 0) is 19.6 Å². The smallest absolute Gasteiger partial charge is 0.324 e. The third-order valence-electron chi connectivity index (χ3n) is 4.32. The van der Waals surface area contributed by atoms with Gasteiger partial charge in [-0.1, -0.05) is 35.8 Å². The highest BCUT2D eigenvalue weighted by molar-refractivity contribution is 9.10. The third kappa shape index (κ3) is 4.99. The lowest BCUT2D eigenvalue weighted by molar-refractivity contribution is -0.158. The topological polar surface area (TPSA) is 72.5 Å². The second kappa shape index (κ2) is 7.98. The maximum atomic E-state index is 13.0. The molecule has 1 aromatic heterocycles. The average molecular weight is 498 g/mol. The number of fused-ring (bicyclic) bond motifs is 3. The Bertz CT molecular complexity index is 1180. The van der Waals surface area contributed by atoms with Gasteiger partial charge >= 0.3 is 5.97 Å². The SMILES string of the molecule is CC(C)[C@H](NS(=O)(=O)c1ccc2c(c1)sc1ccc(Br)cc12)C(=O)OC(C)(C)C. The monoisotopic (exact) mass is 497 g/mol. The standard InChI is InChI=1S/C21H24BrNO4S2/c1-12(2)19(20(24)27-21(3,4)5)23-29(25,26)14-7-8-15-16-10-13(22)6-9-17(16)28-18(15)11-14/h6-12,19,23H,1-5H3/t19-/m0/s1. The van der Waals surface area contributed by atoms with Gasteiger partial charge in [0.15, 0.2) is 0 Å². The molecule has 156 valence electrons. The van der Waals surface area contributed by atoms with Crippen LogP contribution in [0.2, 0.25) is 0 Å². The molecule has 0 aliphatic heterocycles. The fourth-order valence-electron chi connectivity index (χ4n) is 2.95. The molecule has 0 aliphatic carbocycles. The highest BCUT2D eigenvalue weighted by atomic mass is 79.9. The van der Waals surface area contributed by atoms with Crippen molar-refractivity contribution >= 4 is 63.4 Å². The predicted octanol–water partition coefficient (Wildman–Crippen LogP) is 5.46. The Morgan fingerprint density at radius 2 is 1.76 bits per heavy atom. The maximum Gasteiger partial charge on any atom is 0.324 e. The molecule has 1 atom stereocenters. The summed E-state index contributed by atoms with van der Waals surface area (Å²) >= 11 is 5.01. The number of carbonyl (C=O) groups excluding carboxylic acids is 1. The minimum Gasteiger partial charge on any atom is -0.459 e. The molecule has 1 N–H and O–H groups in total. The molecule has 0 radical (unpaired) electrons. The second-order valence-corrected chi connectivity index (χ2v) is 12.0. The lowest BCUT2D eigenvalue weighted by Crippen LogP contribution is -2.47. The molecule has 3 aromatic rings. The number of hydrogen-bond donors (Lipinski definition) is 1. The Hall–Kier alpha value is -1.48. The number of thiophene rings is 1. The van der Waals surface area contributed by atoms with Gasteiger partial charge in [-0.25, -0.2) is 8.42 Å². The summed E-state index contributed by atoms with van der Waals surface area (Å²) in [4.78, 5) is 12.6. The number of carbonyl (C=O) groups is 1. The fraction of sp³-hybridized carbons (Fsp3) is 0.381. The van der Waals surface area contributed by atoms with Gasteiger partial charge in [-0.2, -0.15) is 4.72 Å². The Balaban J connectivity index is 1.96. The van der Waals surface area contributed by atoms with Crippen molar-refractivity contribution in [1.82, 2.24) is 4.72 Å². The Labute approximate surface area is 183 Å². The second-order valence-electron chi connectivity index (χ2n) is 8.28. The highest BCUT2D eigenvalue weighted by Crippen LogP contribution is 2.36. The molecule has 0 saturated carbocycles. The molecule has 0 spiro atoms. The van der Waals surface area contributed by atoms with Crippen molar-refractivity contribution in [3.05, 3.63) is 40.9 Å². The number of benzene rings is 2. The van der Waals surface area contributed by atoms with E-state index < -0.39 is 27.6 Å². The minimum absolute atomic E-state index is 0.129. The number of hydrogen-bond acceptors (Lipinski definition) is 5. The molecular formula is C21H24BrNO4S2. The molecule has 0 aliphatic rings. The molecule has 0 bridgehead atoms. The lowest BCUT2D eigenvalue weighted by atomic mass is 10.1. The molecular weight excluding hydrogens is 474 g/mol. The first-order chi connectivity index (χ1) is 13.4. The van der Waals surface area contributed by atoms with Gasteiger partial charge in [0.2, 0.25) is 10.0 Å². The van der Waals surface area contributed by atoms with Gasteiger partial charge in [0.25, 0.3) is 0 Å². The summed E-state index contributed by atoms with van der Waals surface area (Å²) in [5, 5.41) is 2.07. The van der Waals surface area contributed by atoms with Crippen LogP contribution in [0.5, 0.6) is 0 Å². The molecule has 0 saturated heterocycles. The number of rotatable bonds is 5. The van der Waals surface area contributed by atoms with Gasteiger partial charge in [0.05, 0.1) is 4.90 Å². The highest BCUT2D eigenvalue weighted by Gasteiger charge is 2.32. The molecule has 0 amide bonds. The van der Waals surface area contributed by atoms with Gasteiger partial charge in [0.1, 0.15) is 11.6 Å². The summed E-state index contributed by atoms with van der Waals surface area (Å²) in [6, 6.07) is 10.1. The summed E-state index contributed by atoms with van der Waals surface area (Å²) < 4.78 is 36.9. The van der Waals surface area contributed by atoms with Crippen LogP contribution in [0.3, 0.4) is 0 Å². The largest absolute Gasteiger partial charge is 0.459 e. The summed E-state index contributed by atoms with van der Waals surface area (Å²) in [5.41, 5.74) is -0.695. The van der Waals surface area contributed by atoms with E-state index in [1.54, 1.807) is 46.8 Å². The zero-order chi connectivity index (χ0) is 21.6. The summed E-state index contributed by atoms with van der Waals surface area (Å²) in [7, 11) is -3.90. The fourth-order valence-corrected chi connectivity index (χ4v) is 5.87. The van der Waals surface area contributed by atoms with Crippen molar-refractivity contribution in [2.75, 3.05) is 0 Å². The van der Waals surface area contributed by atoms with Crippen molar-refractivity contribution in [1.29, 1.82) is 0 Å². The van der Waals surface area contributed by atoms with Gasteiger partial charge < -0.3 is 4.74 Å². The van der Waals surface area contributed by atoms with Crippen LogP contribution in [0.25, 0.3) is 20.2 Å². The first-order valence-electron chi connectivity index (χ1n) is 9.24. The van der Waals surface area contributed by atoms with Crippen molar-refractivity contribution in [2.45, 2.75) is 51.2 Å². The van der Waals surface area contributed by atoms with E-state index in [2.05, 4.69) is 20.7 Å². The number of esters is 1. The first kappa shape index (κ1) is 22.2. The molecule has 0 fully saturated rings. The molecule has 0 unspecified atom stereocenters. The molecule has 5 nitrogen and oxygen atoms in total. The normalized spacial score (nSPS) is 13.9. The molecule has 8 heteroatoms. The van der Waals surface area contributed by atoms with E-state index in [1.165, 1.54) is 11.3 Å². The van der Waals surface area contributed by atoms with E-state index in [4.69, 9.17) is 4.74 Å². The van der Waals surface area contributed by atoms with E-state index in [0.29, 0.717) is 0 Å². The van der Waals surface area contributed by atoms with Crippen molar-refractivity contribution in [3.63, 3.8) is 0 Å². The summed E-state index contributed by atoms with van der Waals surface area (Å²) in [5.74, 6) is -0.839. The van der Waals surface area contributed by atoms with Gasteiger partial charge in [-0.15, -0.1) is 11.3 Å². The van der Waals surface area contributed by atoms with Crippen LogP contribution >= 0.6 is 27.3 Å². The quantitative estimate of drug-likeness (QED) is 0.474. The number of sulfonamides is 1. The zero-order valence-electron chi connectivity index (χ0n) is 16.9. The van der Waals surface area contributed by atoms with Crippen molar-refractivity contribution in [3.8, 4) is 0 Å². The Kier molecular flexibility index (Phi) is 6.11. The van der Waals surface area contributed by atoms with Crippen LogP contribution in [0.15, 0.2) is 45.8 Å². The minimum atomic E-state index is -3.90. The van der Waals surface area contributed by atoms with Crippen LogP contribution < -0.4 is 4.72 Å². The number of nitrogens with one attached hydrogen (secondary N) is 1. The van der Waals surface area contributed by atoms with Crippen LogP contribution in [-0.4, -0.2) is 26.0 Å². The molecule has 3 rings (SSSR count). The first-order valence-corrected chi connectivity index (χ1v) is 12.3. The maximum absolute atomic E-state index is 13.0. The predicted molar refractivity (Wildman–Crippen MR) is 122 cm³/mol. The van der Waals surface area contributed by atoms with Gasteiger partial charge in [0, 0.05) is 24.6 Å². The average Bonchev–Trinajstić information content (AvgIpc) is 2.95. The number of ether oxygens (including phenoxy) is 1. The van der Waals surface area contributed by atoms with Crippen LogP contribution in [0.4, 0.5) is 0 Å². The van der Waals surface area contributed by atoms with Crippen molar-refractivity contribution in [2.24, 2.45) is 5.92 Å². The molecule has 1 heterocycles. The zero-order valence-corrected chi connectivity index (χ0v) is 20.2. The summed E-state index contributed by atoms with van der Waals surface area (Å²) in [6.45, 7) is 8.83. The Morgan fingerprint density at radius 3 is 2.38 bits per heavy atom. The third-order valence-corrected chi connectivity index (χ3v) is 7.39. The number of halogens is 1.